The number of para-hydroxylation sites is 2. The average molecular weight is 252 g/mol. The molecule has 1 aromatic heterocycles. The summed E-state index contributed by atoms with van der Waals surface area (Å²) in [5.41, 5.74) is 2.35. The molecule has 4 nitrogen and oxygen atoms in total. The van der Waals surface area contributed by atoms with Crippen LogP contribution in [0.15, 0.2) is 59.0 Å². The molecule has 0 bridgehead atoms. The van der Waals surface area contributed by atoms with E-state index in [1.54, 1.807) is 0 Å². The Labute approximate surface area is 110 Å². The second-order valence-electron chi connectivity index (χ2n) is 4.20. The highest BCUT2D eigenvalue weighted by Crippen LogP contribution is 2.18. The molecule has 3 aromatic rings. The van der Waals surface area contributed by atoms with Gasteiger partial charge in [0.25, 0.3) is 0 Å². The molecule has 1 N–H and O–H groups in total. The second kappa shape index (κ2) is 4.94. The first-order valence-electron chi connectivity index (χ1n) is 6.00. The molecule has 0 saturated carbocycles. The maximum Gasteiger partial charge on any atom is 0.302 e. The highest BCUT2D eigenvalue weighted by molar-refractivity contribution is 5.91. The van der Waals surface area contributed by atoms with Gasteiger partial charge in [-0.25, -0.2) is 0 Å². The Balaban J connectivity index is 1.72. The molecule has 19 heavy (non-hydrogen) atoms. The minimum absolute atomic E-state index is 0.141. The minimum Gasteiger partial charge on any atom is -0.423 e. The van der Waals surface area contributed by atoms with Crippen LogP contribution in [0.2, 0.25) is 0 Å². The van der Waals surface area contributed by atoms with Crippen molar-refractivity contribution < 1.29 is 9.21 Å². The monoisotopic (exact) mass is 252 g/mol. The van der Waals surface area contributed by atoms with Gasteiger partial charge in [-0.1, -0.05) is 42.5 Å². The fourth-order valence-electron chi connectivity index (χ4n) is 1.87. The highest BCUT2D eigenvalue weighted by Gasteiger charge is 2.09. The molecule has 0 saturated heterocycles. The Kier molecular flexibility index (Phi) is 2.98. The maximum absolute atomic E-state index is 11.8. The van der Waals surface area contributed by atoms with E-state index >= 15 is 0 Å². The third kappa shape index (κ3) is 2.63. The van der Waals surface area contributed by atoms with Gasteiger partial charge in [0, 0.05) is 0 Å². The number of carbonyl (C=O) groups excluding carboxylic acids is 1. The van der Waals surface area contributed by atoms with E-state index in [0.717, 1.165) is 11.1 Å². The number of amides is 1. The second-order valence-corrected chi connectivity index (χ2v) is 4.20. The number of rotatable bonds is 3. The fraction of sp³-hybridized carbons (Fsp3) is 0.0667. The van der Waals surface area contributed by atoms with E-state index in [-0.39, 0.29) is 11.9 Å². The number of oxazole rings is 1. The summed E-state index contributed by atoms with van der Waals surface area (Å²) in [5.74, 6) is -0.141. The molecular weight excluding hydrogens is 240 g/mol. The zero-order chi connectivity index (χ0) is 13.1. The quantitative estimate of drug-likeness (QED) is 0.779. The lowest BCUT2D eigenvalue weighted by Gasteiger charge is -2.00. The summed E-state index contributed by atoms with van der Waals surface area (Å²) < 4.78 is 5.43. The Morgan fingerprint density at radius 1 is 1.05 bits per heavy atom. The summed E-state index contributed by atoms with van der Waals surface area (Å²) in [5, 5.41) is 2.66. The minimum atomic E-state index is -0.141. The van der Waals surface area contributed by atoms with Gasteiger partial charge in [0.05, 0.1) is 6.42 Å². The number of nitrogens with one attached hydrogen (secondary N) is 1. The number of nitrogens with zero attached hydrogens (tertiary/aromatic N) is 1. The predicted octanol–water partition coefficient (Wildman–Crippen LogP) is 3.01. The van der Waals surface area contributed by atoms with E-state index in [4.69, 9.17) is 4.42 Å². The number of aromatic nitrogens is 1. The standard InChI is InChI=1S/C15H12N2O2/c18-14(10-11-6-2-1-3-7-11)17-15-16-12-8-4-5-9-13(12)19-15/h1-9H,10H2,(H,16,17,18). The third-order valence-corrected chi connectivity index (χ3v) is 2.75. The number of hydrogen-bond acceptors (Lipinski definition) is 3. The van der Waals surface area contributed by atoms with Crippen molar-refractivity contribution >= 4 is 23.0 Å². The predicted molar refractivity (Wildman–Crippen MR) is 72.8 cm³/mol. The van der Waals surface area contributed by atoms with Crippen molar-refractivity contribution in [1.29, 1.82) is 0 Å². The largest absolute Gasteiger partial charge is 0.423 e. The van der Waals surface area contributed by atoms with Crippen LogP contribution in [0.1, 0.15) is 5.56 Å². The van der Waals surface area contributed by atoms with Crippen molar-refractivity contribution in [2.24, 2.45) is 0 Å². The van der Waals surface area contributed by atoms with Crippen LogP contribution >= 0.6 is 0 Å². The number of carbonyl (C=O) groups is 1. The zero-order valence-electron chi connectivity index (χ0n) is 10.2. The number of hydrogen-bond donors (Lipinski definition) is 1. The van der Waals surface area contributed by atoms with Crippen molar-refractivity contribution in [3.8, 4) is 0 Å². The summed E-state index contributed by atoms with van der Waals surface area (Å²) in [4.78, 5) is 16.0. The summed E-state index contributed by atoms with van der Waals surface area (Å²) in [6.45, 7) is 0. The van der Waals surface area contributed by atoms with Gasteiger partial charge >= 0.3 is 6.01 Å². The topological polar surface area (TPSA) is 55.1 Å². The van der Waals surface area contributed by atoms with Gasteiger partial charge in [0.1, 0.15) is 5.52 Å². The summed E-state index contributed by atoms with van der Waals surface area (Å²) >= 11 is 0. The average Bonchev–Trinajstić information content (AvgIpc) is 2.81. The van der Waals surface area contributed by atoms with Crippen LogP contribution in [0.3, 0.4) is 0 Å². The van der Waals surface area contributed by atoms with Crippen LogP contribution < -0.4 is 5.32 Å². The lowest BCUT2D eigenvalue weighted by Crippen LogP contribution is -2.14. The maximum atomic E-state index is 11.8. The Bertz CT molecular complexity index is 671. The van der Waals surface area contributed by atoms with E-state index < -0.39 is 0 Å². The Morgan fingerprint density at radius 2 is 1.79 bits per heavy atom. The van der Waals surface area contributed by atoms with E-state index in [2.05, 4.69) is 10.3 Å². The van der Waals surface area contributed by atoms with E-state index in [0.29, 0.717) is 12.0 Å². The van der Waals surface area contributed by atoms with Gasteiger partial charge in [0.15, 0.2) is 5.58 Å². The number of benzene rings is 2. The SMILES string of the molecule is O=C(Cc1ccccc1)Nc1nc2ccccc2o1. The van der Waals surface area contributed by atoms with Gasteiger partial charge < -0.3 is 4.42 Å². The first kappa shape index (κ1) is 11.5. The molecular formula is C15H12N2O2. The molecule has 0 aliphatic rings. The van der Waals surface area contributed by atoms with E-state index in [1.807, 2.05) is 54.6 Å². The summed E-state index contributed by atoms with van der Waals surface area (Å²) in [7, 11) is 0. The van der Waals surface area contributed by atoms with Crippen molar-refractivity contribution in [2.45, 2.75) is 6.42 Å². The van der Waals surface area contributed by atoms with Gasteiger partial charge in [0.2, 0.25) is 5.91 Å². The molecule has 1 amide bonds. The first-order valence-corrected chi connectivity index (χ1v) is 6.00. The van der Waals surface area contributed by atoms with Crippen LogP contribution in [0.5, 0.6) is 0 Å². The van der Waals surface area contributed by atoms with Crippen molar-refractivity contribution in [3.05, 3.63) is 60.2 Å². The van der Waals surface area contributed by atoms with Crippen molar-refractivity contribution in [2.75, 3.05) is 5.32 Å². The Morgan fingerprint density at radius 3 is 2.58 bits per heavy atom. The summed E-state index contributed by atoms with van der Waals surface area (Å²) in [6, 6.07) is 17.2. The highest BCUT2D eigenvalue weighted by atomic mass is 16.4. The zero-order valence-corrected chi connectivity index (χ0v) is 10.2. The van der Waals surface area contributed by atoms with Gasteiger partial charge in [-0.3, -0.25) is 10.1 Å². The van der Waals surface area contributed by atoms with Crippen molar-refractivity contribution in [3.63, 3.8) is 0 Å². The molecule has 2 aromatic carbocycles. The molecule has 94 valence electrons. The molecule has 0 unspecified atom stereocenters. The molecule has 0 radical (unpaired) electrons. The van der Waals surface area contributed by atoms with Crippen molar-refractivity contribution in [1.82, 2.24) is 4.98 Å². The molecule has 0 atom stereocenters. The van der Waals surface area contributed by atoms with Crippen LogP contribution in [0, 0.1) is 0 Å². The molecule has 0 spiro atoms. The summed E-state index contributed by atoms with van der Waals surface area (Å²) in [6.07, 6.45) is 0.305. The molecule has 0 aliphatic carbocycles. The smallest absolute Gasteiger partial charge is 0.302 e. The molecule has 4 heteroatoms. The van der Waals surface area contributed by atoms with Crippen LogP contribution in [0.4, 0.5) is 6.01 Å². The van der Waals surface area contributed by atoms with E-state index in [1.165, 1.54) is 0 Å². The lowest BCUT2D eigenvalue weighted by molar-refractivity contribution is -0.115. The Hall–Kier alpha value is -2.62. The van der Waals surface area contributed by atoms with Gasteiger partial charge in [-0.05, 0) is 17.7 Å². The number of fused-ring (bicyclic) bond motifs is 1. The lowest BCUT2D eigenvalue weighted by atomic mass is 10.1. The molecule has 0 aliphatic heterocycles. The van der Waals surface area contributed by atoms with E-state index in [9.17, 15) is 4.79 Å². The fourth-order valence-corrected chi connectivity index (χ4v) is 1.87. The van der Waals surface area contributed by atoms with Crippen LogP contribution in [-0.2, 0) is 11.2 Å². The van der Waals surface area contributed by atoms with Crippen LogP contribution in [0.25, 0.3) is 11.1 Å². The molecule has 1 heterocycles. The normalized spacial score (nSPS) is 10.5. The number of anilines is 1. The van der Waals surface area contributed by atoms with Crippen LogP contribution in [-0.4, -0.2) is 10.9 Å². The first-order chi connectivity index (χ1) is 9.31. The van der Waals surface area contributed by atoms with Gasteiger partial charge in [-0.2, -0.15) is 4.98 Å². The van der Waals surface area contributed by atoms with Gasteiger partial charge in [-0.15, -0.1) is 0 Å². The molecule has 0 fully saturated rings. The molecule has 3 rings (SSSR count). The third-order valence-electron chi connectivity index (χ3n) is 2.75.